The van der Waals surface area contributed by atoms with Gasteiger partial charge in [-0.15, -0.1) is 0 Å². The van der Waals surface area contributed by atoms with Gasteiger partial charge in [0, 0.05) is 15.6 Å². The van der Waals surface area contributed by atoms with Crippen LogP contribution in [0.15, 0.2) is 34.8 Å². The van der Waals surface area contributed by atoms with Crippen LogP contribution >= 0.6 is 15.9 Å². The molecule has 0 saturated heterocycles. The summed E-state index contributed by atoms with van der Waals surface area (Å²) >= 11 is 3.38. The van der Waals surface area contributed by atoms with Gasteiger partial charge in [0.1, 0.15) is 19.0 Å². The molecule has 0 saturated carbocycles. The van der Waals surface area contributed by atoms with Crippen LogP contribution in [0.2, 0.25) is 0 Å². The number of ether oxygens (including phenoxy) is 2. The minimum Gasteiger partial charge on any atom is -0.486 e. The third-order valence-electron chi connectivity index (χ3n) is 3.30. The summed E-state index contributed by atoms with van der Waals surface area (Å²) in [6.45, 7) is 2.58. The van der Waals surface area contributed by atoms with Gasteiger partial charge in [0.25, 0.3) is 0 Å². The highest BCUT2D eigenvalue weighted by Gasteiger charge is 2.20. The maximum absolute atomic E-state index is 13.3. The van der Waals surface area contributed by atoms with E-state index in [0.29, 0.717) is 45.9 Å². The fraction of sp³-hybridized carbons (Fsp3) is 0.188. The van der Waals surface area contributed by atoms with Crippen molar-refractivity contribution in [3.05, 3.63) is 57.3 Å². The average Bonchev–Trinajstić information content (AvgIpc) is 2.48. The Hall–Kier alpha value is -1.88. The lowest BCUT2D eigenvalue weighted by Gasteiger charge is -2.19. The van der Waals surface area contributed by atoms with E-state index in [1.165, 1.54) is 12.1 Å². The minimum atomic E-state index is -0.326. The van der Waals surface area contributed by atoms with E-state index in [1.807, 2.05) is 0 Å². The number of aryl methyl sites for hydroxylation is 1. The second kappa shape index (κ2) is 5.48. The number of hydrogen-bond acceptors (Lipinski definition) is 3. The Morgan fingerprint density at radius 3 is 2.48 bits per heavy atom. The molecule has 0 bridgehead atoms. The molecule has 21 heavy (non-hydrogen) atoms. The molecule has 0 amide bonds. The lowest BCUT2D eigenvalue weighted by Crippen LogP contribution is -2.16. The zero-order valence-corrected chi connectivity index (χ0v) is 12.9. The van der Waals surface area contributed by atoms with Crippen LogP contribution in [-0.4, -0.2) is 19.0 Å². The van der Waals surface area contributed by atoms with E-state index >= 15 is 0 Å². The Morgan fingerprint density at radius 1 is 1.14 bits per heavy atom. The van der Waals surface area contributed by atoms with Crippen LogP contribution < -0.4 is 9.47 Å². The number of carbonyl (C=O) groups is 1. The maximum Gasteiger partial charge on any atom is 0.194 e. The molecule has 0 unspecified atom stereocenters. The molecule has 0 aliphatic carbocycles. The molecule has 2 aromatic carbocycles. The number of halogens is 2. The first-order chi connectivity index (χ1) is 10.1. The molecule has 0 N–H and O–H groups in total. The fourth-order valence-corrected chi connectivity index (χ4v) is 2.68. The minimum absolute atomic E-state index is 0.193. The molecule has 3 nitrogen and oxygen atoms in total. The smallest absolute Gasteiger partial charge is 0.194 e. The predicted molar refractivity (Wildman–Crippen MR) is 79.7 cm³/mol. The van der Waals surface area contributed by atoms with Crippen molar-refractivity contribution in [1.29, 1.82) is 0 Å². The first-order valence-corrected chi connectivity index (χ1v) is 7.25. The highest BCUT2D eigenvalue weighted by atomic mass is 79.9. The van der Waals surface area contributed by atoms with Crippen LogP contribution in [0.25, 0.3) is 0 Å². The molecule has 1 heterocycles. The summed E-state index contributed by atoms with van der Waals surface area (Å²) in [5.41, 5.74) is 1.34. The first-order valence-electron chi connectivity index (χ1n) is 6.46. The second-order valence-corrected chi connectivity index (χ2v) is 5.62. The fourth-order valence-electron chi connectivity index (χ4n) is 2.18. The van der Waals surface area contributed by atoms with Gasteiger partial charge in [-0.1, -0.05) is 0 Å². The number of ketones is 1. The highest BCUT2D eigenvalue weighted by Crippen LogP contribution is 2.36. The molecule has 0 spiro atoms. The van der Waals surface area contributed by atoms with Crippen molar-refractivity contribution in [1.82, 2.24) is 0 Å². The number of carbonyl (C=O) groups excluding carboxylic acids is 1. The van der Waals surface area contributed by atoms with Crippen molar-refractivity contribution in [2.45, 2.75) is 6.92 Å². The van der Waals surface area contributed by atoms with Crippen LogP contribution in [0.4, 0.5) is 4.39 Å². The molecule has 1 aliphatic rings. The van der Waals surface area contributed by atoms with Gasteiger partial charge in [-0.2, -0.15) is 0 Å². The van der Waals surface area contributed by atoms with Crippen molar-refractivity contribution in [2.24, 2.45) is 0 Å². The van der Waals surface area contributed by atoms with Gasteiger partial charge < -0.3 is 9.47 Å². The van der Waals surface area contributed by atoms with Crippen molar-refractivity contribution < 1.29 is 18.7 Å². The summed E-state index contributed by atoms with van der Waals surface area (Å²) in [5.74, 6) is 0.640. The van der Waals surface area contributed by atoms with Gasteiger partial charge in [0.05, 0.1) is 0 Å². The summed E-state index contributed by atoms with van der Waals surface area (Å²) in [6.07, 6.45) is 0. The van der Waals surface area contributed by atoms with E-state index < -0.39 is 0 Å². The Bertz CT molecular complexity index is 728. The van der Waals surface area contributed by atoms with Gasteiger partial charge in [-0.05, 0) is 58.7 Å². The molecule has 2 aromatic rings. The van der Waals surface area contributed by atoms with Gasteiger partial charge in [-0.25, -0.2) is 4.39 Å². The average molecular weight is 351 g/mol. The molecule has 0 aromatic heterocycles. The van der Waals surface area contributed by atoms with Gasteiger partial charge in [0.2, 0.25) is 0 Å². The molecular formula is C16H12BrFO3. The highest BCUT2D eigenvalue weighted by molar-refractivity contribution is 9.10. The topological polar surface area (TPSA) is 35.5 Å². The SMILES string of the molecule is Cc1cc(C(=O)c2cc3c(cc2Br)OCCO3)ccc1F. The molecule has 1 aliphatic heterocycles. The van der Waals surface area contributed by atoms with Gasteiger partial charge >= 0.3 is 0 Å². The maximum atomic E-state index is 13.3. The Balaban J connectivity index is 2.03. The first kappa shape index (κ1) is 14.1. The molecule has 0 radical (unpaired) electrons. The van der Waals surface area contributed by atoms with Crippen molar-refractivity contribution in [2.75, 3.05) is 13.2 Å². The summed E-state index contributed by atoms with van der Waals surface area (Å²) in [6, 6.07) is 7.70. The Morgan fingerprint density at radius 2 is 1.81 bits per heavy atom. The normalized spacial score (nSPS) is 13.1. The van der Waals surface area contributed by atoms with Crippen LogP contribution in [-0.2, 0) is 0 Å². The van der Waals surface area contributed by atoms with E-state index in [2.05, 4.69) is 15.9 Å². The monoisotopic (exact) mass is 350 g/mol. The second-order valence-electron chi connectivity index (χ2n) is 4.77. The largest absolute Gasteiger partial charge is 0.486 e. The van der Waals surface area contributed by atoms with Crippen molar-refractivity contribution in [3.63, 3.8) is 0 Å². The summed E-state index contributed by atoms with van der Waals surface area (Å²) in [5, 5.41) is 0. The van der Waals surface area contributed by atoms with E-state index in [0.717, 1.165) is 0 Å². The molecular weight excluding hydrogens is 339 g/mol. The zero-order valence-electron chi connectivity index (χ0n) is 11.3. The standard InChI is InChI=1S/C16H12BrFO3/c1-9-6-10(2-3-13(9)18)16(19)11-7-14-15(8-12(11)17)21-5-4-20-14/h2-3,6-8H,4-5H2,1H3. The van der Waals surface area contributed by atoms with E-state index in [9.17, 15) is 9.18 Å². The van der Waals surface area contributed by atoms with Crippen LogP contribution in [0.5, 0.6) is 11.5 Å². The number of fused-ring (bicyclic) bond motifs is 1. The Labute approximate surface area is 129 Å². The number of rotatable bonds is 2. The quantitative estimate of drug-likeness (QED) is 0.770. The van der Waals surface area contributed by atoms with Crippen LogP contribution in [0, 0.1) is 12.7 Å². The molecule has 3 rings (SSSR count). The van der Waals surface area contributed by atoms with E-state index in [4.69, 9.17) is 9.47 Å². The zero-order chi connectivity index (χ0) is 15.0. The molecule has 0 atom stereocenters. The van der Waals surface area contributed by atoms with Gasteiger partial charge in [0.15, 0.2) is 17.3 Å². The summed E-state index contributed by atoms with van der Waals surface area (Å²) < 4.78 is 24.9. The molecule has 5 heteroatoms. The number of hydrogen-bond donors (Lipinski definition) is 0. The van der Waals surface area contributed by atoms with Crippen molar-refractivity contribution >= 4 is 21.7 Å². The van der Waals surface area contributed by atoms with E-state index in [1.54, 1.807) is 25.1 Å². The number of benzene rings is 2. The lowest BCUT2D eigenvalue weighted by molar-refractivity contribution is 0.103. The van der Waals surface area contributed by atoms with Gasteiger partial charge in [-0.3, -0.25) is 4.79 Å². The van der Waals surface area contributed by atoms with E-state index in [-0.39, 0.29) is 11.6 Å². The third-order valence-corrected chi connectivity index (χ3v) is 3.95. The summed E-state index contributed by atoms with van der Waals surface area (Å²) in [7, 11) is 0. The van der Waals surface area contributed by atoms with Crippen molar-refractivity contribution in [3.8, 4) is 11.5 Å². The third kappa shape index (κ3) is 2.65. The van der Waals surface area contributed by atoms with Crippen LogP contribution in [0.3, 0.4) is 0 Å². The van der Waals surface area contributed by atoms with Crippen LogP contribution in [0.1, 0.15) is 21.5 Å². The molecule has 0 fully saturated rings. The molecule has 108 valence electrons. The summed E-state index contributed by atoms with van der Waals surface area (Å²) in [4.78, 5) is 12.6. The predicted octanol–water partition coefficient (Wildman–Crippen LogP) is 3.90. The Kier molecular flexibility index (Phi) is 3.68. The lowest BCUT2D eigenvalue weighted by atomic mass is 10.0.